The molecule has 0 fully saturated rings. The molecule has 0 unspecified atom stereocenters. The maximum Gasteiger partial charge on any atom is 0.287 e. The number of pyridine rings is 1. The highest BCUT2D eigenvalue weighted by Crippen LogP contribution is 2.26. The third-order valence-electron chi connectivity index (χ3n) is 3.37. The number of nitrogens with zero attached hydrogens (tertiary/aromatic N) is 1. The van der Waals surface area contributed by atoms with Crippen molar-refractivity contribution in [1.29, 1.82) is 0 Å². The Hall–Kier alpha value is -2.66. The van der Waals surface area contributed by atoms with Crippen LogP contribution in [0.2, 0.25) is 0 Å². The van der Waals surface area contributed by atoms with Crippen molar-refractivity contribution >= 4 is 16.9 Å². The van der Waals surface area contributed by atoms with Crippen LogP contribution in [0.5, 0.6) is 0 Å². The molecule has 5 nitrogen and oxygen atoms in total. The standard InChI is InChI=1S/C17H16N2O3/c1-21-11-14-13-6-2-3-7-15(13)22-16(14)17(20)19-10-12-5-4-8-18-9-12/h2-9H,10-11H2,1H3,(H,19,20). The molecule has 5 heteroatoms. The molecule has 22 heavy (non-hydrogen) atoms. The maximum absolute atomic E-state index is 12.4. The van der Waals surface area contributed by atoms with Crippen LogP contribution in [0.15, 0.2) is 53.2 Å². The first-order valence-electron chi connectivity index (χ1n) is 6.96. The van der Waals surface area contributed by atoms with Crippen LogP contribution in [0.4, 0.5) is 0 Å². The Bertz CT molecular complexity index is 781. The van der Waals surface area contributed by atoms with Crippen molar-refractivity contribution in [1.82, 2.24) is 10.3 Å². The topological polar surface area (TPSA) is 64.4 Å². The number of furan rings is 1. The Balaban J connectivity index is 1.85. The number of hydrogen-bond donors (Lipinski definition) is 1. The predicted molar refractivity (Wildman–Crippen MR) is 82.3 cm³/mol. The second kappa shape index (κ2) is 6.41. The van der Waals surface area contributed by atoms with Crippen molar-refractivity contribution in [3.05, 3.63) is 65.7 Å². The number of ether oxygens (including phenoxy) is 1. The minimum absolute atomic E-state index is 0.257. The molecule has 0 radical (unpaired) electrons. The Labute approximate surface area is 127 Å². The van der Waals surface area contributed by atoms with Crippen LogP contribution in [0.25, 0.3) is 11.0 Å². The molecule has 2 aromatic heterocycles. The summed E-state index contributed by atoms with van der Waals surface area (Å²) in [6, 6.07) is 11.3. The predicted octanol–water partition coefficient (Wildman–Crippen LogP) is 2.90. The minimum atomic E-state index is -0.257. The number of aromatic nitrogens is 1. The van der Waals surface area contributed by atoms with E-state index in [1.54, 1.807) is 19.5 Å². The molecule has 0 bridgehead atoms. The van der Waals surface area contributed by atoms with E-state index in [0.717, 1.165) is 16.5 Å². The molecule has 1 N–H and O–H groups in total. The molecule has 2 heterocycles. The number of carbonyl (C=O) groups is 1. The van der Waals surface area contributed by atoms with Crippen molar-refractivity contribution in [2.45, 2.75) is 13.2 Å². The third-order valence-corrected chi connectivity index (χ3v) is 3.37. The van der Waals surface area contributed by atoms with E-state index in [0.29, 0.717) is 24.5 Å². The normalized spacial score (nSPS) is 10.8. The number of rotatable bonds is 5. The van der Waals surface area contributed by atoms with E-state index >= 15 is 0 Å². The highest BCUT2D eigenvalue weighted by Gasteiger charge is 2.19. The van der Waals surface area contributed by atoms with Crippen LogP contribution in [-0.4, -0.2) is 18.0 Å². The second-order valence-electron chi connectivity index (χ2n) is 4.88. The summed E-state index contributed by atoms with van der Waals surface area (Å²) in [5, 5.41) is 3.75. The fourth-order valence-corrected chi connectivity index (χ4v) is 2.34. The van der Waals surface area contributed by atoms with Crippen molar-refractivity contribution < 1.29 is 13.9 Å². The maximum atomic E-state index is 12.4. The summed E-state index contributed by atoms with van der Waals surface area (Å²) >= 11 is 0. The summed E-state index contributed by atoms with van der Waals surface area (Å²) in [5.74, 6) is 0.0408. The van der Waals surface area contributed by atoms with Gasteiger partial charge in [0.15, 0.2) is 5.76 Å². The van der Waals surface area contributed by atoms with Crippen LogP contribution >= 0.6 is 0 Å². The number of carbonyl (C=O) groups excluding carboxylic acids is 1. The van der Waals surface area contributed by atoms with Gasteiger partial charge >= 0.3 is 0 Å². The quantitative estimate of drug-likeness (QED) is 0.786. The minimum Gasteiger partial charge on any atom is -0.451 e. The Kier molecular flexibility index (Phi) is 4.16. The van der Waals surface area contributed by atoms with E-state index in [4.69, 9.17) is 9.15 Å². The molecule has 0 aliphatic carbocycles. The zero-order valence-corrected chi connectivity index (χ0v) is 12.2. The van der Waals surface area contributed by atoms with Gasteiger partial charge in [0.05, 0.1) is 6.61 Å². The third kappa shape index (κ3) is 2.84. The van der Waals surface area contributed by atoms with Gasteiger partial charge in [-0.2, -0.15) is 0 Å². The first kappa shape index (κ1) is 14.3. The SMILES string of the molecule is COCc1c(C(=O)NCc2cccnc2)oc2ccccc12. The first-order valence-corrected chi connectivity index (χ1v) is 6.96. The summed E-state index contributed by atoms with van der Waals surface area (Å²) in [5.41, 5.74) is 2.38. The Morgan fingerprint density at radius 2 is 2.14 bits per heavy atom. The monoisotopic (exact) mass is 296 g/mol. The molecule has 1 amide bonds. The summed E-state index contributed by atoms with van der Waals surface area (Å²) in [6.07, 6.45) is 3.41. The van der Waals surface area contributed by atoms with Crippen molar-refractivity contribution in [2.24, 2.45) is 0 Å². The summed E-state index contributed by atoms with van der Waals surface area (Å²) in [4.78, 5) is 16.4. The van der Waals surface area contributed by atoms with Crippen molar-refractivity contribution in [2.75, 3.05) is 7.11 Å². The largest absolute Gasteiger partial charge is 0.451 e. The lowest BCUT2D eigenvalue weighted by atomic mass is 10.1. The van der Waals surface area contributed by atoms with Gasteiger partial charge in [-0.05, 0) is 17.7 Å². The average Bonchev–Trinajstić information content (AvgIpc) is 2.93. The van der Waals surface area contributed by atoms with E-state index in [9.17, 15) is 4.79 Å². The van der Waals surface area contributed by atoms with E-state index in [2.05, 4.69) is 10.3 Å². The fourth-order valence-electron chi connectivity index (χ4n) is 2.34. The number of nitrogens with one attached hydrogen (secondary N) is 1. The Morgan fingerprint density at radius 3 is 2.91 bits per heavy atom. The number of hydrogen-bond acceptors (Lipinski definition) is 4. The highest BCUT2D eigenvalue weighted by molar-refractivity contribution is 5.99. The number of para-hydroxylation sites is 1. The van der Waals surface area contributed by atoms with Gasteiger partial charge in [0.25, 0.3) is 5.91 Å². The van der Waals surface area contributed by atoms with E-state index in [1.807, 2.05) is 36.4 Å². The van der Waals surface area contributed by atoms with Crippen LogP contribution in [-0.2, 0) is 17.9 Å². The van der Waals surface area contributed by atoms with Gasteiger partial charge in [-0.15, -0.1) is 0 Å². The van der Waals surface area contributed by atoms with Crippen LogP contribution in [0, 0.1) is 0 Å². The molecule has 112 valence electrons. The fraction of sp³-hybridized carbons (Fsp3) is 0.176. The molecule has 3 rings (SSSR count). The molecule has 1 aromatic carbocycles. The zero-order chi connectivity index (χ0) is 15.4. The lowest BCUT2D eigenvalue weighted by Gasteiger charge is -2.05. The van der Waals surface area contributed by atoms with Crippen molar-refractivity contribution in [3.8, 4) is 0 Å². The molecule has 0 spiro atoms. The van der Waals surface area contributed by atoms with Crippen LogP contribution < -0.4 is 5.32 Å². The van der Waals surface area contributed by atoms with Crippen LogP contribution in [0.1, 0.15) is 21.7 Å². The van der Waals surface area contributed by atoms with E-state index in [1.165, 1.54) is 0 Å². The van der Waals surface area contributed by atoms with Gasteiger partial charge in [-0.1, -0.05) is 24.3 Å². The molecular weight excluding hydrogens is 280 g/mol. The van der Waals surface area contributed by atoms with Gasteiger partial charge in [0, 0.05) is 37.0 Å². The lowest BCUT2D eigenvalue weighted by Crippen LogP contribution is -2.23. The molecule has 0 atom stereocenters. The zero-order valence-electron chi connectivity index (χ0n) is 12.2. The lowest BCUT2D eigenvalue weighted by molar-refractivity contribution is 0.0918. The van der Waals surface area contributed by atoms with Gasteiger partial charge in [-0.25, -0.2) is 0 Å². The summed E-state index contributed by atoms with van der Waals surface area (Å²) in [6.45, 7) is 0.725. The highest BCUT2D eigenvalue weighted by atomic mass is 16.5. The number of fused-ring (bicyclic) bond motifs is 1. The smallest absolute Gasteiger partial charge is 0.287 e. The summed E-state index contributed by atoms with van der Waals surface area (Å²) in [7, 11) is 1.60. The molecule has 0 aliphatic rings. The number of benzene rings is 1. The molecular formula is C17H16N2O3. The van der Waals surface area contributed by atoms with Crippen LogP contribution in [0.3, 0.4) is 0 Å². The molecule has 3 aromatic rings. The number of methoxy groups -OCH3 is 1. The van der Waals surface area contributed by atoms with E-state index < -0.39 is 0 Å². The molecule has 0 saturated carbocycles. The van der Waals surface area contributed by atoms with Crippen molar-refractivity contribution in [3.63, 3.8) is 0 Å². The Morgan fingerprint density at radius 1 is 1.27 bits per heavy atom. The summed E-state index contributed by atoms with van der Waals surface area (Å²) < 4.78 is 10.9. The van der Waals surface area contributed by atoms with E-state index in [-0.39, 0.29) is 5.91 Å². The van der Waals surface area contributed by atoms with Gasteiger partial charge in [-0.3, -0.25) is 9.78 Å². The van der Waals surface area contributed by atoms with Gasteiger partial charge in [0.2, 0.25) is 0 Å². The average molecular weight is 296 g/mol. The van der Waals surface area contributed by atoms with Gasteiger partial charge in [0.1, 0.15) is 5.58 Å². The molecule has 0 saturated heterocycles. The number of amides is 1. The van der Waals surface area contributed by atoms with Gasteiger partial charge < -0.3 is 14.5 Å². The first-order chi connectivity index (χ1) is 10.8. The second-order valence-corrected chi connectivity index (χ2v) is 4.88. The molecule has 0 aliphatic heterocycles.